The zero-order valence-electron chi connectivity index (χ0n) is 10.3. The third-order valence-electron chi connectivity index (χ3n) is 3.25. The van der Waals surface area contributed by atoms with Crippen LogP contribution in [0.2, 0.25) is 0 Å². The average Bonchev–Trinajstić information content (AvgIpc) is 2.64. The van der Waals surface area contributed by atoms with E-state index in [0.717, 1.165) is 18.7 Å². The predicted octanol–water partition coefficient (Wildman–Crippen LogP) is 3.25. The average molecular weight is 217 g/mol. The summed E-state index contributed by atoms with van der Waals surface area (Å²) >= 11 is 0. The third kappa shape index (κ3) is 1.97. The molecule has 0 saturated carbocycles. The molecule has 1 saturated heterocycles. The molecule has 1 aromatic carbocycles. The Morgan fingerprint density at radius 1 is 1.31 bits per heavy atom. The van der Waals surface area contributed by atoms with Gasteiger partial charge >= 0.3 is 0 Å². The fourth-order valence-corrected chi connectivity index (χ4v) is 2.24. The highest BCUT2D eigenvalue weighted by molar-refractivity contribution is 5.96. The van der Waals surface area contributed by atoms with E-state index in [1.165, 1.54) is 11.1 Å². The maximum Gasteiger partial charge on any atom is 0.227 e. The van der Waals surface area contributed by atoms with Crippen molar-refractivity contribution in [3.63, 3.8) is 0 Å². The van der Waals surface area contributed by atoms with Gasteiger partial charge in [-0.2, -0.15) is 0 Å². The molecule has 2 heteroatoms. The Kier molecular flexibility index (Phi) is 2.99. The first-order valence-corrected chi connectivity index (χ1v) is 6.00. The molecule has 1 heterocycles. The van der Waals surface area contributed by atoms with E-state index < -0.39 is 0 Å². The molecule has 0 aliphatic carbocycles. The van der Waals surface area contributed by atoms with Gasteiger partial charge in [0.25, 0.3) is 0 Å². The molecule has 0 unspecified atom stereocenters. The largest absolute Gasteiger partial charge is 0.312 e. The SMILES string of the molecule is Cc1cc(C(C)C)ccc1N1CCCC1=O. The summed E-state index contributed by atoms with van der Waals surface area (Å²) in [5, 5.41) is 0. The van der Waals surface area contributed by atoms with Crippen LogP contribution >= 0.6 is 0 Å². The van der Waals surface area contributed by atoms with E-state index in [0.29, 0.717) is 12.3 Å². The normalized spacial score (nSPS) is 16.2. The number of carbonyl (C=O) groups is 1. The van der Waals surface area contributed by atoms with E-state index in [1.54, 1.807) is 0 Å². The van der Waals surface area contributed by atoms with Crippen LogP contribution in [0.5, 0.6) is 0 Å². The Hall–Kier alpha value is -1.31. The first-order valence-electron chi connectivity index (χ1n) is 6.00. The van der Waals surface area contributed by atoms with Gasteiger partial charge in [0.2, 0.25) is 5.91 Å². The van der Waals surface area contributed by atoms with Crippen molar-refractivity contribution >= 4 is 11.6 Å². The number of nitrogens with zero attached hydrogens (tertiary/aromatic N) is 1. The molecule has 16 heavy (non-hydrogen) atoms. The van der Waals surface area contributed by atoms with Crippen molar-refractivity contribution in [1.29, 1.82) is 0 Å². The van der Waals surface area contributed by atoms with Crippen molar-refractivity contribution in [1.82, 2.24) is 0 Å². The summed E-state index contributed by atoms with van der Waals surface area (Å²) in [5.74, 6) is 0.808. The summed E-state index contributed by atoms with van der Waals surface area (Å²) in [6.07, 6.45) is 1.69. The van der Waals surface area contributed by atoms with Crippen LogP contribution in [0.25, 0.3) is 0 Å². The Morgan fingerprint density at radius 2 is 2.06 bits per heavy atom. The Labute approximate surface area is 97.3 Å². The van der Waals surface area contributed by atoms with E-state index in [4.69, 9.17) is 0 Å². The molecule has 86 valence electrons. The van der Waals surface area contributed by atoms with Crippen LogP contribution in [-0.4, -0.2) is 12.5 Å². The number of hydrogen-bond donors (Lipinski definition) is 0. The molecule has 1 aliphatic heterocycles. The summed E-state index contributed by atoms with van der Waals surface area (Å²) in [5.41, 5.74) is 3.64. The number of amides is 1. The van der Waals surface area contributed by atoms with Gasteiger partial charge in [0, 0.05) is 18.7 Å². The van der Waals surface area contributed by atoms with Crippen LogP contribution in [0.3, 0.4) is 0 Å². The number of aryl methyl sites for hydroxylation is 1. The molecular weight excluding hydrogens is 198 g/mol. The van der Waals surface area contributed by atoms with Gasteiger partial charge in [-0.05, 0) is 36.5 Å². The zero-order chi connectivity index (χ0) is 11.7. The lowest BCUT2D eigenvalue weighted by atomic mass is 10.00. The summed E-state index contributed by atoms with van der Waals surface area (Å²) < 4.78 is 0. The smallest absolute Gasteiger partial charge is 0.227 e. The van der Waals surface area contributed by atoms with Gasteiger partial charge in [-0.3, -0.25) is 4.79 Å². The van der Waals surface area contributed by atoms with Crippen molar-refractivity contribution in [3.8, 4) is 0 Å². The van der Waals surface area contributed by atoms with Crippen LogP contribution in [0.15, 0.2) is 18.2 Å². The molecule has 2 nitrogen and oxygen atoms in total. The van der Waals surface area contributed by atoms with Crippen LogP contribution in [0.4, 0.5) is 5.69 Å². The third-order valence-corrected chi connectivity index (χ3v) is 3.25. The Bertz CT molecular complexity index is 409. The Morgan fingerprint density at radius 3 is 2.56 bits per heavy atom. The van der Waals surface area contributed by atoms with Crippen molar-refractivity contribution in [2.45, 2.75) is 39.5 Å². The van der Waals surface area contributed by atoms with Gasteiger partial charge in [-0.1, -0.05) is 26.0 Å². The van der Waals surface area contributed by atoms with E-state index in [9.17, 15) is 4.79 Å². The van der Waals surface area contributed by atoms with Gasteiger partial charge in [0.05, 0.1) is 0 Å². The van der Waals surface area contributed by atoms with Crippen LogP contribution < -0.4 is 4.90 Å². The molecule has 0 aromatic heterocycles. The van der Waals surface area contributed by atoms with Gasteiger partial charge in [-0.25, -0.2) is 0 Å². The van der Waals surface area contributed by atoms with Gasteiger partial charge in [0.1, 0.15) is 0 Å². The van der Waals surface area contributed by atoms with Crippen molar-refractivity contribution in [3.05, 3.63) is 29.3 Å². The molecule has 0 spiro atoms. The van der Waals surface area contributed by atoms with Crippen molar-refractivity contribution in [2.75, 3.05) is 11.4 Å². The van der Waals surface area contributed by atoms with Crippen LogP contribution in [0, 0.1) is 6.92 Å². The number of hydrogen-bond acceptors (Lipinski definition) is 1. The second-order valence-electron chi connectivity index (χ2n) is 4.85. The lowest BCUT2D eigenvalue weighted by Crippen LogP contribution is -2.24. The van der Waals surface area contributed by atoms with E-state index in [-0.39, 0.29) is 5.91 Å². The van der Waals surface area contributed by atoms with Crippen LogP contribution in [-0.2, 0) is 4.79 Å². The lowest BCUT2D eigenvalue weighted by Gasteiger charge is -2.19. The minimum atomic E-state index is 0.264. The summed E-state index contributed by atoms with van der Waals surface area (Å²) in [4.78, 5) is 13.6. The number of anilines is 1. The quantitative estimate of drug-likeness (QED) is 0.744. The fraction of sp³-hybridized carbons (Fsp3) is 0.500. The summed E-state index contributed by atoms with van der Waals surface area (Å²) in [7, 11) is 0. The molecular formula is C14H19NO. The van der Waals surface area contributed by atoms with E-state index >= 15 is 0 Å². The highest BCUT2D eigenvalue weighted by Gasteiger charge is 2.22. The highest BCUT2D eigenvalue weighted by atomic mass is 16.2. The van der Waals surface area contributed by atoms with Gasteiger partial charge < -0.3 is 4.90 Å². The predicted molar refractivity (Wildman–Crippen MR) is 66.9 cm³/mol. The standard InChI is InChI=1S/C14H19NO/c1-10(2)12-6-7-13(11(3)9-12)15-8-4-5-14(15)16/h6-7,9-10H,4-5,8H2,1-3H3. The zero-order valence-corrected chi connectivity index (χ0v) is 10.3. The maximum atomic E-state index is 11.7. The summed E-state index contributed by atoms with van der Waals surface area (Å²) in [6.45, 7) is 7.35. The molecule has 2 rings (SSSR count). The van der Waals surface area contributed by atoms with E-state index in [2.05, 4.69) is 39.0 Å². The second-order valence-corrected chi connectivity index (χ2v) is 4.85. The van der Waals surface area contributed by atoms with Crippen LogP contribution in [0.1, 0.15) is 43.7 Å². The maximum absolute atomic E-state index is 11.7. The monoisotopic (exact) mass is 217 g/mol. The molecule has 1 fully saturated rings. The van der Waals surface area contributed by atoms with Crippen molar-refractivity contribution in [2.24, 2.45) is 0 Å². The number of rotatable bonds is 2. The molecule has 0 N–H and O–H groups in total. The minimum Gasteiger partial charge on any atom is -0.312 e. The lowest BCUT2D eigenvalue weighted by molar-refractivity contribution is -0.117. The first kappa shape index (κ1) is 11.2. The molecule has 1 amide bonds. The molecule has 1 aromatic rings. The van der Waals surface area contributed by atoms with Gasteiger partial charge in [-0.15, -0.1) is 0 Å². The fourth-order valence-electron chi connectivity index (χ4n) is 2.24. The Balaban J connectivity index is 2.32. The molecule has 0 radical (unpaired) electrons. The summed E-state index contributed by atoms with van der Waals surface area (Å²) in [6, 6.07) is 6.43. The van der Waals surface area contributed by atoms with Crippen molar-refractivity contribution < 1.29 is 4.79 Å². The number of benzene rings is 1. The molecule has 0 bridgehead atoms. The molecule has 1 aliphatic rings. The van der Waals surface area contributed by atoms with E-state index in [1.807, 2.05) is 4.90 Å². The minimum absolute atomic E-state index is 0.264. The topological polar surface area (TPSA) is 20.3 Å². The number of carbonyl (C=O) groups excluding carboxylic acids is 1. The second kappa shape index (κ2) is 4.28. The van der Waals surface area contributed by atoms with Gasteiger partial charge in [0.15, 0.2) is 0 Å². The highest BCUT2D eigenvalue weighted by Crippen LogP contribution is 2.27. The molecule has 0 atom stereocenters. The first-order chi connectivity index (χ1) is 7.59.